The quantitative estimate of drug-likeness (QED) is 0.680. The molecule has 0 spiro atoms. The van der Waals surface area contributed by atoms with Crippen LogP contribution >= 0.6 is 0 Å². The Morgan fingerprint density at radius 1 is 1.35 bits per heavy atom. The van der Waals surface area contributed by atoms with E-state index in [1.807, 2.05) is 0 Å². The topological polar surface area (TPSA) is 95.9 Å². The Balaban J connectivity index is 2.40. The van der Waals surface area contributed by atoms with Crippen molar-refractivity contribution in [1.82, 2.24) is 10.2 Å². The van der Waals surface area contributed by atoms with E-state index in [4.69, 9.17) is 9.84 Å². The van der Waals surface area contributed by atoms with Gasteiger partial charge < -0.3 is 20.1 Å². The first kappa shape index (κ1) is 16.3. The summed E-state index contributed by atoms with van der Waals surface area (Å²) in [6.45, 7) is 2.28. The summed E-state index contributed by atoms with van der Waals surface area (Å²) in [5.41, 5.74) is -0.624. The van der Waals surface area contributed by atoms with Crippen LogP contribution < -0.4 is 5.32 Å². The molecule has 0 atom stereocenters. The Labute approximate surface area is 118 Å². The number of carbonyl (C=O) groups is 3. The zero-order valence-corrected chi connectivity index (χ0v) is 12.0. The molecule has 1 fully saturated rings. The summed E-state index contributed by atoms with van der Waals surface area (Å²) in [5, 5.41) is 11.6. The Morgan fingerprint density at radius 3 is 2.45 bits per heavy atom. The fourth-order valence-corrected chi connectivity index (χ4v) is 2.15. The average Bonchev–Trinajstić information content (AvgIpc) is 2.32. The molecular formula is C13H22N2O5. The maximum atomic E-state index is 12.0. The third-order valence-corrected chi connectivity index (χ3v) is 3.48. The first-order valence-electron chi connectivity index (χ1n) is 6.79. The number of hydrogen-bond donors (Lipinski definition) is 2. The van der Waals surface area contributed by atoms with Gasteiger partial charge in [-0.3, -0.25) is 9.59 Å². The first-order valence-corrected chi connectivity index (χ1v) is 6.79. The van der Waals surface area contributed by atoms with E-state index in [0.717, 1.165) is 6.42 Å². The molecule has 0 unspecified atom stereocenters. The highest BCUT2D eigenvalue weighted by Gasteiger charge is 2.40. The van der Waals surface area contributed by atoms with Crippen molar-refractivity contribution < 1.29 is 24.2 Å². The summed E-state index contributed by atoms with van der Waals surface area (Å²) in [5.74, 6) is -1.27. The van der Waals surface area contributed by atoms with Crippen LogP contribution in [-0.4, -0.2) is 53.7 Å². The molecule has 1 aliphatic carbocycles. The van der Waals surface area contributed by atoms with Gasteiger partial charge in [-0.2, -0.15) is 0 Å². The monoisotopic (exact) mass is 286 g/mol. The van der Waals surface area contributed by atoms with Crippen molar-refractivity contribution in [2.75, 3.05) is 20.2 Å². The summed E-state index contributed by atoms with van der Waals surface area (Å²) in [4.78, 5) is 35.4. The molecule has 0 aromatic heterocycles. The minimum absolute atomic E-state index is 0.0650. The number of esters is 1. The number of aliphatic carboxylic acids is 1. The molecule has 0 saturated heterocycles. The fraction of sp³-hybridized carbons (Fsp3) is 0.769. The molecule has 0 radical (unpaired) electrons. The highest BCUT2D eigenvalue weighted by Crippen LogP contribution is 2.35. The van der Waals surface area contributed by atoms with E-state index in [0.29, 0.717) is 19.4 Å². The number of carbonyl (C=O) groups excluding carboxylic acids is 2. The molecule has 0 aromatic rings. The third-order valence-electron chi connectivity index (χ3n) is 3.48. The predicted molar refractivity (Wildman–Crippen MR) is 71.2 cm³/mol. The van der Waals surface area contributed by atoms with Crippen molar-refractivity contribution in [2.45, 2.75) is 44.6 Å². The lowest BCUT2D eigenvalue weighted by molar-refractivity contribution is -0.143. The van der Waals surface area contributed by atoms with Crippen LogP contribution in [0.4, 0.5) is 4.79 Å². The van der Waals surface area contributed by atoms with Crippen LogP contribution in [0, 0.1) is 0 Å². The second-order valence-electron chi connectivity index (χ2n) is 5.11. The normalized spacial score (nSPS) is 15.9. The Hall–Kier alpha value is -1.79. The van der Waals surface area contributed by atoms with E-state index in [2.05, 4.69) is 5.32 Å². The zero-order valence-electron chi connectivity index (χ0n) is 12.0. The maximum Gasteiger partial charge on any atom is 0.317 e. The molecule has 20 heavy (non-hydrogen) atoms. The minimum Gasteiger partial charge on any atom is -0.481 e. The highest BCUT2D eigenvalue weighted by atomic mass is 16.5. The Bertz CT molecular complexity index is 379. The molecule has 7 nitrogen and oxygen atoms in total. The number of amides is 2. The number of nitrogens with zero attached hydrogens (tertiary/aromatic N) is 1. The minimum atomic E-state index is -0.917. The summed E-state index contributed by atoms with van der Waals surface area (Å²) < 4.78 is 4.78. The molecule has 7 heteroatoms. The number of carboxylic acids is 1. The lowest BCUT2D eigenvalue weighted by atomic mass is 9.74. The van der Waals surface area contributed by atoms with Crippen LogP contribution in [0.3, 0.4) is 0 Å². The van der Waals surface area contributed by atoms with Gasteiger partial charge in [0.1, 0.15) is 0 Å². The van der Waals surface area contributed by atoms with Crippen LogP contribution in [-0.2, 0) is 14.3 Å². The molecule has 2 amide bonds. The summed E-state index contributed by atoms with van der Waals surface area (Å²) >= 11 is 0. The van der Waals surface area contributed by atoms with Gasteiger partial charge >= 0.3 is 18.0 Å². The molecular weight excluding hydrogens is 264 g/mol. The van der Waals surface area contributed by atoms with E-state index in [-0.39, 0.29) is 31.4 Å². The summed E-state index contributed by atoms with van der Waals surface area (Å²) in [6.07, 6.45) is 2.34. The second-order valence-corrected chi connectivity index (χ2v) is 5.11. The number of ether oxygens (including phenoxy) is 1. The van der Waals surface area contributed by atoms with Crippen LogP contribution in [0.15, 0.2) is 0 Å². The van der Waals surface area contributed by atoms with Gasteiger partial charge in [-0.05, 0) is 26.2 Å². The molecule has 0 aromatic carbocycles. The van der Waals surface area contributed by atoms with E-state index < -0.39 is 11.5 Å². The molecule has 2 N–H and O–H groups in total. The molecule has 0 aliphatic heterocycles. The molecule has 1 saturated carbocycles. The molecule has 0 bridgehead atoms. The van der Waals surface area contributed by atoms with Crippen molar-refractivity contribution in [2.24, 2.45) is 0 Å². The summed E-state index contributed by atoms with van der Waals surface area (Å²) in [7, 11) is 1.57. The zero-order chi connectivity index (χ0) is 15.2. The fourth-order valence-electron chi connectivity index (χ4n) is 2.15. The van der Waals surface area contributed by atoms with Crippen molar-refractivity contribution in [3.05, 3.63) is 0 Å². The third kappa shape index (κ3) is 4.71. The van der Waals surface area contributed by atoms with E-state index in [1.165, 1.54) is 4.90 Å². The largest absolute Gasteiger partial charge is 0.481 e. The highest BCUT2D eigenvalue weighted by molar-refractivity contribution is 5.78. The van der Waals surface area contributed by atoms with Crippen LogP contribution in [0.5, 0.6) is 0 Å². The maximum absolute atomic E-state index is 12.0. The standard InChI is InChI=1S/C13H22N2O5/c1-3-20-11(18)5-8-15(2)12(19)14-13(6-4-7-13)9-10(16)17/h3-9H2,1-2H3,(H,14,19)(H,16,17). The van der Waals surface area contributed by atoms with Gasteiger partial charge in [0, 0.05) is 13.6 Å². The van der Waals surface area contributed by atoms with Gasteiger partial charge in [-0.1, -0.05) is 0 Å². The van der Waals surface area contributed by atoms with E-state index in [1.54, 1.807) is 14.0 Å². The molecule has 114 valence electrons. The van der Waals surface area contributed by atoms with Gasteiger partial charge in [0.05, 0.1) is 25.0 Å². The lowest BCUT2D eigenvalue weighted by Gasteiger charge is -2.42. The number of carboxylic acid groups (broad SMARTS) is 1. The van der Waals surface area contributed by atoms with E-state index >= 15 is 0 Å². The van der Waals surface area contributed by atoms with Crippen LogP contribution in [0.2, 0.25) is 0 Å². The average molecular weight is 286 g/mol. The second kappa shape index (κ2) is 7.12. The molecule has 1 aliphatic rings. The van der Waals surface area contributed by atoms with Crippen molar-refractivity contribution in [1.29, 1.82) is 0 Å². The number of urea groups is 1. The Kier molecular flexibility index (Phi) is 5.79. The number of nitrogens with one attached hydrogen (secondary N) is 1. The lowest BCUT2D eigenvalue weighted by Crippen LogP contribution is -2.57. The van der Waals surface area contributed by atoms with Gasteiger partial charge in [-0.15, -0.1) is 0 Å². The van der Waals surface area contributed by atoms with Gasteiger partial charge in [0.2, 0.25) is 0 Å². The number of hydrogen-bond acceptors (Lipinski definition) is 4. The van der Waals surface area contributed by atoms with E-state index in [9.17, 15) is 14.4 Å². The van der Waals surface area contributed by atoms with Gasteiger partial charge in [0.15, 0.2) is 0 Å². The van der Waals surface area contributed by atoms with Crippen LogP contribution in [0.25, 0.3) is 0 Å². The summed E-state index contributed by atoms with van der Waals surface area (Å²) in [6, 6.07) is -0.352. The van der Waals surface area contributed by atoms with Crippen molar-refractivity contribution in [3.63, 3.8) is 0 Å². The predicted octanol–water partition coefficient (Wildman–Crippen LogP) is 0.978. The number of rotatable bonds is 7. The first-order chi connectivity index (χ1) is 9.38. The smallest absolute Gasteiger partial charge is 0.317 e. The van der Waals surface area contributed by atoms with Crippen LogP contribution in [0.1, 0.15) is 39.0 Å². The van der Waals surface area contributed by atoms with Gasteiger partial charge in [0.25, 0.3) is 0 Å². The van der Waals surface area contributed by atoms with Gasteiger partial charge in [-0.25, -0.2) is 4.79 Å². The van der Waals surface area contributed by atoms with Crippen molar-refractivity contribution >= 4 is 18.0 Å². The SMILES string of the molecule is CCOC(=O)CCN(C)C(=O)NC1(CC(=O)O)CCC1. The molecule has 0 heterocycles. The molecule has 1 rings (SSSR count). The Morgan fingerprint density at radius 2 is 2.00 bits per heavy atom. The van der Waals surface area contributed by atoms with Crippen molar-refractivity contribution in [3.8, 4) is 0 Å².